The van der Waals surface area contributed by atoms with Crippen molar-refractivity contribution < 1.29 is 9.84 Å². The molecule has 0 radical (unpaired) electrons. The van der Waals surface area contributed by atoms with E-state index in [2.05, 4.69) is 13.8 Å². The second kappa shape index (κ2) is 5.23. The van der Waals surface area contributed by atoms with Crippen LogP contribution in [0.15, 0.2) is 18.2 Å². The first-order valence-electron chi connectivity index (χ1n) is 4.65. The Bertz CT molecular complexity index is 297. The Morgan fingerprint density at radius 2 is 2.07 bits per heavy atom. The predicted octanol–water partition coefficient (Wildman–Crippen LogP) is 2.87. The van der Waals surface area contributed by atoms with E-state index >= 15 is 0 Å². The molecule has 0 saturated carbocycles. The summed E-state index contributed by atoms with van der Waals surface area (Å²) in [5.74, 6) is 1.20. The molecule has 0 amide bonds. The maximum Gasteiger partial charge on any atom is 0.121 e. The van der Waals surface area contributed by atoms with Crippen LogP contribution in [0.2, 0.25) is 5.02 Å². The quantitative estimate of drug-likeness (QED) is 0.835. The summed E-state index contributed by atoms with van der Waals surface area (Å²) in [4.78, 5) is 0. The van der Waals surface area contributed by atoms with Crippen LogP contribution in [0.5, 0.6) is 5.75 Å². The molecule has 0 spiro atoms. The average Bonchev–Trinajstić information content (AvgIpc) is 2.14. The van der Waals surface area contributed by atoms with E-state index in [0.717, 1.165) is 11.3 Å². The van der Waals surface area contributed by atoms with Crippen LogP contribution in [-0.4, -0.2) is 11.7 Å². The van der Waals surface area contributed by atoms with Crippen LogP contribution in [0, 0.1) is 5.92 Å². The molecule has 0 heterocycles. The van der Waals surface area contributed by atoms with Gasteiger partial charge < -0.3 is 9.84 Å². The first-order chi connectivity index (χ1) is 6.61. The van der Waals surface area contributed by atoms with Crippen LogP contribution in [0.1, 0.15) is 19.4 Å². The fraction of sp³-hybridized carbons (Fsp3) is 0.455. The van der Waals surface area contributed by atoms with Crippen molar-refractivity contribution in [2.75, 3.05) is 6.61 Å². The Morgan fingerprint density at radius 1 is 1.36 bits per heavy atom. The smallest absolute Gasteiger partial charge is 0.121 e. The van der Waals surface area contributed by atoms with Crippen molar-refractivity contribution >= 4 is 11.6 Å². The number of rotatable bonds is 4. The number of aliphatic hydroxyl groups is 1. The topological polar surface area (TPSA) is 29.5 Å². The molecule has 0 atom stereocenters. The molecule has 0 fully saturated rings. The van der Waals surface area contributed by atoms with Crippen molar-refractivity contribution in [3.63, 3.8) is 0 Å². The lowest BCUT2D eigenvalue weighted by Crippen LogP contribution is -2.04. The van der Waals surface area contributed by atoms with Gasteiger partial charge in [0.25, 0.3) is 0 Å². The number of hydrogen-bond donors (Lipinski definition) is 1. The summed E-state index contributed by atoms with van der Waals surface area (Å²) in [6.07, 6.45) is 0. The maximum atomic E-state index is 8.95. The fourth-order valence-electron chi connectivity index (χ4n) is 1.06. The SMILES string of the molecule is CC(C)COc1cc(Cl)cc(CO)c1. The van der Waals surface area contributed by atoms with Gasteiger partial charge in [-0.25, -0.2) is 0 Å². The molecule has 14 heavy (non-hydrogen) atoms. The molecule has 1 N–H and O–H groups in total. The third-order valence-electron chi connectivity index (χ3n) is 1.70. The molecule has 2 nitrogen and oxygen atoms in total. The second-order valence-corrected chi connectivity index (χ2v) is 4.09. The zero-order valence-electron chi connectivity index (χ0n) is 8.46. The Balaban J connectivity index is 2.71. The van der Waals surface area contributed by atoms with Gasteiger partial charge in [0.2, 0.25) is 0 Å². The minimum absolute atomic E-state index is 0.0153. The highest BCUT2D eigenvalue weighted by molar-refractivity contribution is 6.30. The van der Waals surface area contributed by atoms with Gasteiger partial charge in [-0.3, -0.25) is 0 Å². The highest BCUT2D eigenvalue weighted by Gasteiger charge is 2.01. The molecule has 0 aliphatic heterocycles. The largest absolute Gasteiger partial charge is 0.493 e. The molecule has 0 aromatic heterocycles. The zero-order chi connectivity index (χ0) is 10.6. The van der Waals surface area contributed by atoms with E-state index < -0.39 is 0 Å². The number of aliphatic hydroxyl groups excluding tert-OH is 1. The molecule has 0 saturated heterocycles. The van der Waals surface area contributed by atoms with Crippen LogP contribution >= 0.6 is 11.6 Å². The zero-order valence-corrected chi connectivity index (χ0v) is 9.21. The summed E-state index contributed by atoms with van der Waals surface area (Å²) in [5.41, 5.74) is 0.774. The molecule has 1 aromatic carbocycles. The summed E-state index contributed by atoms with van der Waals surface area (Å²) in [6.45, 7) is 4.80. The van der Waals surface area contributed by atoms with E-state index in [4.69, 9.17) is 21.4 Å². The average molecular weight is 215 g/mol. The number of halogens is 1. The van der Waals surface area contributed by atoms with Crippen LogP contribution in [-0.2, 0) is 6.61 Å². The van der Waals surface area contributed by atoms with Crippen molar-refractivity contribution in [1.29, 1.82) is 0 Å². The highest BCUT2D eigenvalue weighted by atomic mass is 35.5. The monoisotopic (exact) mass is 214 g/mol. The molecular weight excluding hydrogens is 200 g/mol. The molecular formula is C11H15ClO2. The highest BCUT2D eigenvalue weighted by Crippen LogP contribution is 2.21. The van der Waals surface area contributed by atoms with Gasteiger partial charge in [0.15, 0.2) is 0 Å². The van der Waals surface area contributed by atoms with Crippen molar-refractivity contribution in [1.82, 2.24) is 0 Å². The lowest BCUT2D eigenvalue weighted by Gasteiger charge is -2.09. The van der Waals surface area contributed by atoms with Gasteiger partial charge in [-0.15, -0.1) is 0 Å². The fourth-order valence-corrected chi connectivity index (χ4v) is 1.31. The lowest BCUT2D eigenvalue weighted by atomic mass is 10.2. The number of ether oxygens (including phenoxy) is 1. The van der Waals surface area contributed by atoms with Gasteiger partial charge in [-0.05, 0) is 29.7 Å². The van der Waals surface area contributed by atoms with E-state index in [1.54, 1.807) is 18.2 Å². The van der Waals surface area contributed by atoms with E-state index in [-0.39, 0.29) is 6.61 Å². The lowest BCUT2D eigenvalue weighted by molar-refractivity contribution is 0.265. The predicted molar refractivity (Wildman–Crippen MR) is 57.7 cm³/mol. The molecule has 1 aromatic rings. The van der Waals surface area contributed by atoms with Crippen molar-refractivity contribution in [2.24, 2.45) is 5.92 Å². The first kappa shape index (κ1) is 11.3. The normalized spacial score (nSPS) is 10.6. The van der Waals surface area contributed by atoms with E-state index in [1.165, 1.54) is 0 Å². The third kappa shape index (κ3) is 3.56. The van der Waals surface area contributed by atoms with Crippen LogP contribution in [0.25, 0.3) is 0 Å². The maximum absolute atomic E-state index is 8.95. The molecule has 3 heteroatoms. The van der Waals surface area contributed by atoms with Gasteiger partial charge in [0, 0.05) is 5.02 Å². The summed E-state index contributed by atoms with van der Waals surface area (Å²) in [6, 6.07) is 5.28. The van der Waals surface area contributed by atoms with E-state index in [1.807, 2.05) is 0 Å². The van der Waals surface area contributed by atoms with Crippen LogP contribution in [0.4, 0.5) is 0 Å². The van der Waals surface area contributed by atoms with Gasteiger partial charge in [0.05, 0.1) is 13.2 Å². The van der Waals surface area contributed by atoms with Crippen LogP contribution < -0.4 is 4.74 Å². The number of hydrogen-bond acceptors (Lipinski definition) is 2. The first-order valence-corrected chi connectivity index (χ1v) is 5.02. The Hall–Kier alpha value is -0.730. The molecule has 0 unspecified atom stereocenters. The molecule has 1 rings (SSSR count). The molecule has 0 bridgehead atoms. The van der Waals surface area contributed by atoms with Gasteiger partial charge in [-0.2, -0.15) is 0 Å². The van der Waals surface area contributed by atoms with Gasteiger partial charge in [0.1, 0.15) is 5.75 Å². The summed E-state index contributed by atoms with van der Waals surface area (Å²) >= 11 is 5.85. The molecule has 0 aliphatic rings. The second-order valence-electron chi connectivity index (χ2n) is 3.66. The Morgan fingerprint density at radius 3 is 2.64 bits per heavy atom. The Kier molecular flexibility index (Phi) is 4.23. The summed E-state index contributed by atoms with van der Waals surface area (Å²) in [5, 5.41) is 9.54. The van der Waals surface area contributed by atoms with Gasteiger partial charge >= 0.3 is 0 Å². The van der Waals surface area contributed by atoms with Crippen LogP contribution in [0.3, 0.4) is 0 Å². The minimum Gasteiger partial charge on any atom is -0.493 e. The molecule has 0 aliphatic carbocycles. The Labute approximate surface area is 89.5 Å². The summed E-state index contributed by atoms with van der Waals surface area (Å²) in [7, 11) is 0. The standard InChI is InChI=1S/C11H15ClO2/c1-8(2)7-14-11-4-9(6-13)3-10(12)5-11/h3-5,8,13H,6-7H2,1-2H3. The van der Waals surface area contributed by atoms with E-state index in [9.17, 15) is 0 Å². The van der Waals surface area contributed by atoms with Crippen molar-refractivity contribution in [3.8, 4) is 5.75 Å². The van der Waals surface area contributed by atoms with E-state index in [0.29, 0.717) is 17.5 Å². The van der Waals surface area contributed by atoms with Gasteiger partial charge in [-0.1, -0.05) is 25.4 Å². The minimum atomic E-state index is -0.0153. The molecule has 78 valence electrons. The third-order valence-corrected chi connectivity index (χ3v) is 1.92. The van der Waals surface area contributed by atoms with Crippen molar-refractivity contribution in [2.45, 2.75) is 20.5 Å². The van der Waals surface area contributed by atoms with Crippen molar-refractivity contribution in [3.05, 3.63) is 28.8 Å². The summed E-state index contributed by atoms with van der Waals surface area (Å²) < 4.78 is 5.50. The number of benzene rings is 1.